The molecule has 326 valence electrons. The van der Waals surface area contributed by atoms with Crippen molar-refractivity contribution < 1.29 is 8.83 Å². The zero-order chi connectivity index (χ0) is 45.9. The number of para-hydroxylation sites is 6. The predicted molar refractivity (Wildman–Crippen MR) is 285 cm³/mol. The SMILES string of the molecule is C1=CC2=[N+](c3ccccc3)c3cc4c(cc3N(c3ccccc3)C2C=C1)=c1ccc(-c2cccc3c2oc2ccccc23)cc1=c1cc(-c2cccc3c2oc2ccccc23)ccc1=c1ccccc1=4. The largest absolute Gasteiger partial charge is 0.455 e. The van der Waals surface area contributed by atoms with Gasteiger partial charge in [-0.2, -0.15) is 4.58 Å². The van der Waals surface area contributed by atoms with E-state index in [1.54, 1.807) is 0 Å². The summed E-state index contributed by atoms with van der Waals surface area (Å²) >= 11 is 0. The number of allylic oxidation sites excluding steroid dienone is 2. The molecule has 12 aromatic rings. The fraction of sp³-hybridized carbons (Fsp3) is 0.0152. The molecule has 2 aromatic heterocycles. The van der Waals surface area contributed by atoms with Crippen molar-refractivity contribution in [2.45, 2.75) is 6.04 Å². The van der Waals surface area contributed by atoms with E-state index in [2.05, 4.69) is 240 Å². The third kappa shape index (κ3) is 5.74. The van der Waals surface area contributed by atoms with Gasteiger partial charge < -0.3 is 13.7 Å². The first-order valence-electron chi connectivity index (χ1n) is 24.0. The van der Waals surface area contributed by atoms with E-state index in [1.807, 2.05) is 12.1 Å². The Kier molecular flexibility index (Phi) is 8.39. The quantitative estimate of drug-likeness (QED) is 0.165. The van der Waals surface area contributed by atoms with Gasteiger partial charge >= 0.3 is 0 Å². The molecule has 1 atom stereocenters. The van der Waals surface area contributed by atoms with Gasteiger partial charge in [0, 0.05) is 62.6 Å². The third-order valence-electron chi connectivity index (χ3n) is 14.7. The predicted octanol–water partition coefficient (Wildman–Crippen LogP) is 16.2. The Labute approximate surface area is 401 Å². The van der Waals surface area contributed by atoms with Crippen molar-refractivity contribution >= 4 is 72.3 Å². The van der Waals surface area contributed by atoms with Gasteiger partial charge in [-0.05, 0) is 95.3 Å². The van der Waals surface area contributed by atoms with E-state index in [9.17, 15) is 0 Å². The standard InChI is InChI=1S/C66H41N2O2/c1-3-17-43(18-4-1)67-59-29-11-12-30-60(59)68(44-19-5-2-6-20-44)62-40-58-50-36-34-42(46-26-16-28-54-52-24-10-14-32-64(52)70-66(46)54)38-56(50)55-37-41(45-25-15-27-53-51-23-9-13-31-63(51)69-65(45)53)33-35-49(55)47-21-7-8-22-48(47)57(58)39-61(62)67/h1-40,60H/q+1. The monoisotopic (exact) mass is 893 g/mol. The van der Waals surface area contributed by atoms with Crippen molar-refractivity contribution in [2.75, 3.05) is 4.90 Å². The molecule has 0 fully saturated rings. The van der Waals surface area contributed by atoms with E-state index in [-0.39, 0.29) is 6.04 Å². The summed E-state index contributed by atoms with van der Waals surface area (Å²) in [5, 5.41) is 13.8. The Morgan fingerprint density at radius 1 is 0.386 bits per heavy atom. The summed E-state index contributed by atoms with van der Waals surface area (Å²) in [5.74, 6) is 0. The molecule has 70 heavy (non-hydrogen) atoms. The molecule has 10 aromatic carbocycles. The topological polar surface area (TPSA) is 32.5 Å². The first kappa shape index (κ1) is 38.8. The fourth-order valence-corrected chi connectivity index (χ4v) is 11.6. The van der Waals surface area contributed by atoms with Crippen molar-refractivity contribution in [3.05, 3.63) is 284 Å². The second kappa shape index (κ2) is 15.1. The van der Waals surface area contributed by atoms with Crippen LogP contribution in [-0.4, -0.2) is 11.8 Å². The normalized spacial score (nSPS) is 14.5. The van der Waals surface area contributed by atoms with Crippen molar-refractivity contribution in [1.82, 2.24) is 4.58 Å². The maximum Gasteiger partial charge on any atom is 0.235 e. The molecule has 0 N–H and O–H groups in total. The van der Waals surface area contributed by atoms with Crippen LogP contribution in [0, 0.1) is 41.7 Å². The lowest BCUT2D eigenvalue weighted by Gasteiger charge is -2.35. The van der Waals surface area contributed by atoms with E-state index in [0.29, 0.717) is 0 Å². The van der Waals surface area contributed by atoms with Crippen molar-refractivity contribution in [3.63, 3.8) is 0 Å². The molecule has 0 bridgehead atoms. The lowest BCUT2D eigenvalue weighted by atomic mass is 9.93. The summed E-state index contributed by atoms with van der Waals surface area (Å²) in [4.78, 5) is 2.52. The van der Waals surface area contributed by atoms with Gasteiger partial charge in [-0.1, -0.05) is 176 Å². The van der Waals surface area contributed by atoms with Crippen LogP contribution >= 0.6 is 0 Å². The van der Waals surface area contributed by atoms with Crippen LogP contribution in [0.15, 0.2) is 252 Å². The van der Waals surface area contributed by atoms with Gasteiger partial charge in [0.05, 0.1) is 0 Å². The molecule has 3 heterocycles. The van der Waals surface area contributed by atoms with Crippen LogP contribution in [0.1, 0.15) is 0 Å². The molecule has 15 rings (SSSR count). The molecule has 1 aliphatic heterocycles. The molecule has 0 saturated heterocycles. The summed E-state index contributed by atoms with van der Waals surface area (Å²) in [6.45, 7) is 0. The molecule has 0 radical (unpaired) electrons. The first-order valence-corrected chi connectivity index (χ1v) is 24.0. The summed E-state index contributed by atoms with van der Waals surface area (Å²) < 4.78 is 15.9. The number of hydrogen-bond acceptors (Lipinski definition) is 3. The molecule has 4 nitrogen and oxygen atoms in total. The van der Waals surface area contributed by atoms with Gasteiger partial charge in [0.1, 0.15) is 34.1 Å². The first-order chi connectivity index (χ1) is 34.7. The fourth-order valence-electron chi connectivity index (χ4n) is 11.6. The molecule has 0 amide bonds. The van der Waals surface area contributed by atoms with Gasteiger partial charge in [0.15, 0.2) is 0 Å². The number of fused-ring (bicyclic) bond motifs is 12. The highest BCUT2D eigenvalue weighted by atomic mass is 16.3. The Balaban J connectivity index is 1.14. The van der Waals surface area contributed by atoms with Gasteiger partial charge in [-0.15, -0.1) is 0 Å². The van der Waals surface area contributed by atoms with Gasteiger partial charge in [0.25, 0.3) is 0 Å². The third-order valence-corrected chi connectivity index (χ3v) is 14.7. The molecule has 3 aliphatic rings. The highest BCUT2D eigenvalue weighted by Gasteiger charge is 2.40. The molecular weight excluding hydrogens is 853 g/mol. The number of hydrogen-bond donors (Lipinski definition) is 0. The second-order valence-electron chi connectivity index (χ2n) is 18.5. The average Bonchev–Trinajstić information content (AvgIpc) is 4.01. The maximum atomic E-state index is 6.71. The highest BCUT2D eigenvalue weighted by Crippen LogP contribution is 2.44. The molecule has 0 saturated carbocycles. The zero-order valence-corrected chi connectivity index (χ0v) is 37.9. The van der Waals surface area contributed by atoms with Crippen LogP contribution in [0.2, 0.25) is 0 Å². The van der Waals surface area contributed by atoms with Crippen molar-refractivity contribution in [2.24, 2.45) is 0 Å². The Morgan fingerprint density at radius 3 is 1.53 bits per heavy atom. The van der Waals surface area contributed by atoms with Crippen LogP contribution in [-0.2, 0) is 0 Å². The number of rotatable bonds is 4. The summed E-state index contributed by atoms with van der Waals surface area (Å²) in [7, 11) is 0. The minimum Gasteiger partial charge on any atom is -0.455 e. The van der Waals surface area contributed by atoms with Gasteiger partial charge in [0.2, 0.25) is 17.1 Å². The highest BCUT2D eigenvalue weighted by molar-refractivity contribution is 6.12. The van der Waals surface area contributed by atoms with E-state index >= 15 is 0 Å². The van der Waals surface area contributed by atoms with Crippen LogP contribution in [0.5, 0.6) is 0 Å². The Bertz CT molecular complexity index is 4720. The van der Waals surface area contributed by atoms with Crippen LogP contribution < -0.4 is 9.48 Å². The van der Waals surface area contributed by atoms with E-state index in [0.717, 1.165) is 110 Å². The number of anilines is 2. The van der Waals surface area contributed by atoms with Gasteiger partial charge in [-0.25, -0.2) is 0 Å². The van der Waals surface area contributed by atoms with Crippen LogP contribution in [0.4, 0.5) is 22.7 Å². The van der Waals surface area contributed by atoms with Crippen molar-refractivity contribution in [3.8, 4) is 22.3 Å². The number of nitrogens with zero attached hydrogens (tertiary/aromatic N) is 2. The smallest absolute Gasteiger partial charge is 0.235 e. The van der Waals surface area contributed by atoms with Crippen LogP contribution in [0.25, 0.3) is 66.1 Å². The van der Waals surface area contributed by atoms with Crippen LogP contribution in [0.3, 0.4) is 0 Å². The number of benzene rings is 10. The number of furan rings is 2. The second-order valence-corrected chi connectivity index (χ2v) is 18.5. The molecule has 4 heteroatoms. The summed E-state index contributed by atoms with van der Waals surface area (Å²) in [5.41, 5.74) is 13.6. The van der Waals surface area contributed by atoms with E-state index in [4.69, 9.17) is 8.83 Å². The molecule has 2 aliphatic carbocycles. The summed E-state index contributed by atoms with van der Waals surface area (Å²) in [6.07, 6.45) is 8.95. The lowest BCUT2D eigenvalue weighted by Crippen LogP contribution is -2.44. The lowest BCUT2D eigenvalue weighted by molar-refractivity contribution is 0.669. The summed E-state index contributed by atoms with van der Waals surface area (Å²) in [6, 6.07) is 79.3. The van der Waals surface area contributed by atoms with Gasteiger partial charge in [-0.3, -0.25) is 0 Å². The molecule has 1 unspecified atom stereocenters. The minimum absolute atomic E-state index is 0.0469. The maximum absolute atomic E-state index is 6.71. The van der Waals surface area contributed by atoms with Crippen molar-refractivity contribution in [1.29, 1.82) is 0 Å². The average molecular weight is 894 g/mol. The Morgan fingerprint density at radius 2 is 0.886 bits per heavy atom. The Hall–Kier alpha value is -9.25. The zero-order valence-electron chi connectivity index (χ0n) is 37.9. The molecular formula is C66H41N2O2+. The molecule has 0 spiro atoms. The minimum atomic E-state index is -0.0469. The van der Waals surface area contributed by atoms with E-state index in [1.165, 1.54) is 26.6 Å². The van der Waals surface area contributed by atoms with E-state index < -0.39 is 0 Å².